The van der Waals surface area contributed by atoms with Crippen molar-refractivity contribution >= 4 is 17.3 Å². The molecule has 2 rings (SSSR count). The number of aromatic nitrogens is 2. The molecular weight excluding hydrogens is 224 g/mol. The van der Waals surface area contributed by atoms with Crippen LogP contribution in [0.5, 0.6) is 0 Å². The zero-order valence-electron chi connectivity index (χ0n) is 8.87. The Hall–Kier alpha value is -2.64. The van der Waals surface area contributed by atoms with Gasteiger partial charge in [0.15, 0.2) is 11.6 Å². The van der Waals surface area contributed by atoms with Gasteiger partial charge in [-0.2, -0.15) is 4.98 Å². The summed E-state index contributed by atoms with van der Waals surface area (Å²) in [5.41, 5.74) is 17.4. The Kier molecular flexibility index (Phi) is 2.61. The second kappa shape index (κ2) is 4.08. The topological polar surface area (TPSA) is 142 Å². The standard InChI is InChI=1S/C9H12N6O2/c10-6-7(11)14-9(15(16)8(6)12)13-3-5-1-2-17-4-5/h1-2,4,16H,3,10,12H2,(H2,11,13,14). The number of nitrogens with two attached hydrogens (primary N) is 3. The predicted molar refractivity (Wildman–Crippen MR) is 60.6 cm³/mol. The van der Waals surface area contributed by atoms with E-state index in [1.165, 1.54) is 12.5 Å². The Bertz CT molecular complexity index is 586. The third kappa shape index (κ3) is 2.00. The van der Waals surface area contributed by atoms with Crippen molar-refractivity contribution < 1.29 is 9.62 Å². The van der Waals surface area contributed by atoms with Gasteiger partial charge in [0.1, 0.15) is 5.69 Å². The third-order valence-corrected chi connectivity index (χ3v) is 2.17. The molecule has 0 spiro atoms. The molecule has 0 saturated carbocycles. The molecule has 0 fully saturated rings. The molecule has 2 heterocycles. The summed E-state index contributed by atoms with van der Waals surface area (Å²) in [5, 5.41) is 9.61. The van der Waals surface area contributed by atoms with Crippen molar-refractivity contribution in [2.75, 3.05) is 17.2 Å². The summed E-state index contributed by atoms with van der Waals surface area (Å²) in [4.78, 5) is 7.86. The highest BCUT2D eigenvalue weighted by Crippen LogP contribution is 2.15. The van der Waals surface area contributed by atoms with Crippen molar-refractivity contribution in [2.24, 2.45) is 4.99 Å². The number of furan rings is 1. The van der Waals surface area contributed by atoms with Crippen LogP contribution < -0.4 is 22.8 Å². The third-order valence-electron chi connectivity index (χ3n) is 2.17. The molecule has 0 aliphatic heterocycles. The average molecular weight is 236 g/mol. The van der Waals surface area contributed by atoms with Crippen LogP contribution in [0.15, 0.2) is 28.0 Å². The molecule has 0 bridgehead atoms. The maximum absolute atomic E-state index is 9.61. The van der Waals surface area contributed by atoms with Crippen LogP contribution in [0.2, 0.25) is 0 Å². The minimum atomic E-state index is -0.0940. The second-order valence-electron chi connectivity index (χ2n) is 3.36. The summed E-state index contributed by atoms with van der Waals surface area (Å²) in [6, 6.07) is 1.75. The molecule has 90 valence electrons. The number of hydrogen-bond acceptors (Lipinski definition) is 7. The predicted octanol–water partition coefficient (Wildman–Crippen LogP) is -0.439. The fourth-order valence-corrected chi connectivity index (χ4v) is 1.22. The van der Waals surface area contributed by atoms with E-state index in [0.717, 1.165) is 5.56 Å². The van der Waals surface area contributed by atoms with E-state index in [1.807, 2.05) is 0 Å². The maximum atomic E-state index is 9.61. The van der Waals surface area contributed by atoms with Gasteiger partial charge in [0.2, 0.25) is 0 Å². The van der Waals surface area contributed by atoms with Crippen LogP contribution in [0, 0.1) is 0 Å². The average Bonchev–Trinajstić information content (AvgIpc) is 2.82. The lowest BCUT2D eigenvalue weighted by Crippen LogP contribution is -2.28. The summed E-state index contributed by atoms with van der Waals surface area (Å²) < 4.78 is 5.47. The normalized spacial score (nSPS) is 11.9. The van der Waals surface area contributed by atoms with Gasteiger partial charge >= 0.3 is 0 Å². The fourth-order valence-electron chi connectivity index (χ4n) is 1.22. The van der Waals surface area contributed by atoms with E-state index in [4.69, 9.17) is 21.6 Å². The molecular formula is C9H12N6O2. The molecule has 7 N–H and O–H groups in total. The molecule has 0 aliphatic rings. The van der Waals surface area contributed by atoms with Crippen molar-refractivity contribution in [3.8, 4) is 0 Å². The first-order valence-electron chi connectivity index (χ1n) is 4.74. The number of rotatable bonds is 2. The van der Waals surface area contributed by atoms with Gasteiger partial charge < -0.3 is 26.8 Å². The van der Waals surface area contributed by atoms with Crippen LogP contribution >= 0.6 is 0 Å². The highest BCUT2D eigenvalue weighted by atomic mass is 16.5. The lowest BCUT2D eigenvalue weighted by atomic mass is 10.3. The maximum Gasteiger partial charge on any atom is 0.262 e. The highest BCUT2D eigenvalue weighted by molar-refractivity contribution is 5.70. The number of nitrogen functional groups attached to an aromatic ring is 3. The van der Waals surface area contributed by atoms with Crippen molar-refractivity contribution in [3.05, 3.63) is 29.8 Å². The summed E-state index contributed by atoms with van der Waals surface area (Å²) in [6.07, 6.45) is 3.06. The molecule has 0 radical (unpaired) electrons. The van der Waals surface area contributed by atoms with E-state index in [9.17, 15) is 5.21 Å². The lowest BCUT2D eigenvalue weighted by molar-refractivity contribution is 0.173. The number of hydrogen-bond donors (Lipinski definition) is 4. The Balaban J connectivity index is 2.42. The van der Waals surface area contributed by atoms with Gasteiger partial charge in [0, 0.05) is 5.56 Å². The van der Waals surface area contributed by atoms with Crippen LogP contribution in [0.1, 0.15) is 5.56 Å². The largest absolute Gasteiger partial charge is 0.472 e. The molecule has 0 unspecified atom stereocenters. The summed E-state index contributed by atoms with van der Waals surface area (Å²) in [5.74, 6) is -0.0674. The SMILES string of the molecule is Nc1nc(=NCc2ccoc2)n(O)c(N)c1N. The van der Waals surface area contributed by atoms with Crippen LogP contribution in [-0.2, 0) is 6.54 Å². The first-order valence-corrected chi connectivity index (χ1v) is 4.74. The van der Waals surface area contributed by atoms with Crippen molar-refractivity contribution in [1.82, 2.24) is 9.71 Å². The van der Waals surface area contributed by atoms with E-state index in [-0.39, 0.29) is 29.5 Å². The minimum Gasteiger partial charge on any atom is -0.472 e. The minimum absolute atomic E-state index is 0.0181. The van der Waals surface area contributed by atoms with Crippen LogP contribution in [0.4, 0.5) is 17.3 Å². The highest BCUT2D eigenvalue weighted by Gasteiger charge is 2.07. The molecule has 2 aromatic heterocycles. The van der Waals surface area contributed by atoms with E-state index in [0.29, 0.717) is 4.73 Å². The van der Waals surface area contributed by atoms with Gasteiger partial charge in [-0.1, -0.05) is 0 Å². The van der Waals surface area contributed by atoms with Crippen molar-refractivity contribution in [1.29, 1.82) is 0 Å². The van der Waals surface area contributed by atoms with Gasteiger partial charge in [-0.15, -0.1) is 4.73 Å². The van der Waals surface area contributed by atoms with Gasteiger partial charge in [0.25, 0.3) is 5.62 Å². The molecule has 0 amide bonds. The monoisotopic (exact) mass is 236 g/mol. The fraction of sp³-hybridized carbons (Fsp3) is 0.111. The molecule has 17 heavy (non-hydrogen) atoms. The summed E-state index contributed by atoms with van der Waals surface area (Å²) in [7, 11) is 0. The molecule has 2 aromatic rings. The van der Waals surface area contributed by atoms with Gasteiger partial charge in [-0.3, -0.25) is 0 Å². The van der Waals surface area contributed by atoms with Crippen LogP contribution in [0.25, 0.3) is 0 Å². The van der Waals surface area contributed by atoms with E-state index >= 15 is 0 Å². The molecule has 8 heteroatoms. The van der Waals surface area contributed by atoms with Crippen molar-refractivity contribution in [3.63, 3.8) is 0 Å². The molecule has 0 atom stereocenters. The van der Waals surface area contributed by atoms with E-state index in [1.54, 1.807) is 6.07 Å². The molecule has 8 nitrogen and oxygen atoms in total. The first-order chi connectivity index (χ1) is 8.09. The van der Waals surface area contributed by atoms with Crippen LogP contribution in [-0.4, -0.2) is 14.9 Å². The summed E-state index contributed by atoms with van der Waals surface area (Å²) in [6.45, 7) is 0.285. The van der Waals surface area contributed by atoms with Crippen LogP contribution in [0.3, 0.4) is 0 Å². The smallest absolute Gasteiger partial charge is 0.262 e. The zero-order valence-corrected chi connectivity index (χ0v) is 8.87. The van der Waals surface area contributed by atoms with Gasteiger partial charge in [0.05, 0.1) is 19.1 Å². The summed E-state index contributed by atoms with van der Waals surface area (Å²) >= 11 is 0. The lowest BCUT2D eigenvalue weighted by Gasteiger charge is -2.07. The Morgan fingerprint density at radius 1 is 1.41 bits per heavy atom. The van der Waals surface area contributed by atoms with Gasteiger partial charge in [-0.25, -0.2) is 4.99 Å². The Morgan fingerprint density at radius 3 is 2.82 bits per heavy atom. The number of anilines is 3. The molecule has 0 aliphatic carbocycles. The molecule has 0 aromatic carbocycles. The van der Waals surface area contributed by atoms with Gasteiger partial charge in [-0.05, 0) is 6.07 Å². The zero-order chi connectivity index (χ0) is 12.4. The van der Waals surface area contributed by atoms with Crippen molar-refractivity contribution in [2.45, 2.75) is 6.54 Å². The van der Waals surface area contributed by atoms with E-state index < -0.39 is 0 Å². The van der Waals surface area contributed by atoms with E-state index in [2.05, 4.69) is 9.98 Å². The second-order valence-corrected chi connectivity index (χ2v) is 3.36. The Labute approximate surface area is 96.0 Å². The quantitative estimate of drug-likeness (QED) is 0.521. The molecule has 0 saturated heterocycles. The Morgan fingerprint density at radius 2 is 2.18 bits per heavy atom. The number of nitrogens with zero attached hydrogens (tertiary/aromatic N) is 3. The first kappa shape index (κ1) is 10.9.